The molecule has 0 spiro atoms. The van der Waals surface area contributed by atoms with Crippen LogP contribution in [0.15, 0.2) is 48.5 Å². The van der Waals surface area contributed by atoms with Crippen molar-refractivity contribution in [3.63, 3.8) is 0 Å². The first-order valence-electron chi connectivity index (χ1n) is 12.0. The zero-order chi connectivity index (χ0) is 22.8. The first-order chi connectivity index (χ1) is 15.6. The third-order valence-corrected chi connectivity index (χ3v) is 6.64. The second kappa shape index (κ2) is 12.4. The van der Waals surface area contributed by atoms with Gasteiger partial charge in [-0.3, -0.25) is 0 Å². The van der Waals surface area contributed by atoms with Gasteiger partial charge in [-0.15, -0.1) is 0 Å². The highest BCUT2D eigenvalue weighted by molar-refractivity contribution is 5.35. The zero-order valence-corrected chi connectivity index (χ0v) is 19.6. The molecular formula is C28H36N4. The van der Waals surface area contributed by atoms with Crippen molar-refractivity contribution in [3.05, 3.63) is 70.8 Å². The summed E-state index contributed by atoms with van der Waals surface area (Å²) in [6.07, 6.45) is 6.28. The number of rotatable bonds is 4. The molecule has 2 aromatic carbocycles. The highest BCUT2D eigenvalue weighted by Crippen LogP contribution is 2.28. The van der Waals surface area contributed by atoms with E-state index in [1.54, 1.807) is 0 Å². The lowest BCUT2D eigenvalue weighted by Crippen LogP contribution is -2.34. The summed E-state index contributed by atoms with van der Waals surface area (Å²) in [5.41, 5.74) is 4.22. The minimum absolute atomic E-state index is 0.608. The minimum Gasteiger partial charge on any atom is -0.306 e. The summed E-state index contributed by atoms with van der Waals surface area (Å²) in [5, 5.41) is 17.8. The van der Waals surface area contributed by atoms with Crippen molar-refractivity contribution in [2.24, 2.45) is 0 Å². The van der Waals surface area contributed by atoms with Gasteiger partial charge in [0.15, 0.2) is 0 Å². The summed E-state index contributed by atoms with van der Waals surface area (Å²) in [7, 11) is 2.17. The van der Waals surface area contributed by atoms with E-state index >= 15 is 0 Å². The molecule has 0 bridgehead atoms. The lowest BCUT2D eigenvalue weighted by Gasteiger charge is -2.32. The Morgan fingerprint density at radius 1 is 0.844 bits per heavy atom. The molecule has 2 aliphatic heterocycles. The van der Waals surface area contributed by atoms with Crippen LogP contribution < -0.4 is 0 Å². The van der Waals surface area contributed by atoms with Crippen LogP contribution in [0.25, 0.3) is 0 Å². The number of nitrogens with zero attached hydrogens (tertiary/aromatic N) is 4. The number of nitriles is 2. The van der Waals surface area contributed by atoms with E-state index in [0.29, 0.717) is 11.8 Å². The van der Waals surface area contributed by atoms with Gasteiger partial charge < -0.3 is 9.80 Å². The van der Waals surface area contributed by atoms with Crippen LogP contribution in [0.4, 0.5) is 0 Å². The van der Waals surface area contributed by atoms with Gasteiger partial charge in [-0.05, 0) is 106 Å². The van der Waals surface area contributed by atoms with Gasteiger partial charge in [-0.25, -0.2) is 0 Å². The van der Waals surface area contributed by atoms with Crippen molar-refractivity contribution >= 4 is 0 Å². The molecule has 4 heteroatoms. The lowest BCUT2D eigenvalue weighted by molar-refractivity contribution is 0.208. The fourth-order valence-electron chi connectivity index (χ4n) is 5.01. The molecule has 2 heterocycles. The van der Waals surface area contributed by atoms with E-state index in [2.05, 4.69) is 54.1 Å². The summed E-state index contributed by atoms with van der Waals surface area (Å²) < 4.78 is 0. The van der Waals surface area contributed by atoms with E-state index in [4.69, 9.17) is 10.5 Å². The molecule has 0 aliphatic carbocycles. The summed E-state index contributed by atoms with van der Waals surface area (Å²) in [6.45, 7) is 8.16. The third kappa shape index (κ3) is 6.92. The Balaban J connectivity index is 0.000000182. The number of likely N-dealkylation sites (N-methyl/N-ethyl adjacent to an activating group) is 1. The highest BCUT2D eigenvalue weighted by Gasteiger charge is 2.21. The molecule has 2 aliphatic rings. The normalized spacial score (nSPS) is 21.6. The van der Waals surface area contributed by atoms with Crippen LogP contribution in [-0.2, 0) is 0 Å². The number of hydrogen-bond acceptors (Lipinski definition) is 4. The molecule has 2 fully saturated rings. The summed E-state index contributed by atoms with van der Waals surface area (Å²) >= 11 is 0. The maximum Gasteiger partial charge on any atom is 0.0991 e. The molecule has 4 nitrogen and oxygen atoms in total. The molecule has 0 amide bonds. The van der Waals surface area contributed by atoms with E-state index in [-0.39, 0.29) is 0 Å². The van der Waals surface area contributed by atoms with Crippen molar-refractivity contribution in [3.8, 4) is 12.1 Å². The standard InChI is InChI=1S/C15H20N2.C13H16N2/c1-2-8-17-9-4-7-15(12-17)14-6-3-5-13(10-14)11-16;1-15-7-3-6-13(10-15)12-5-2-4-11(8-12)9-14/h3,5-6,10,15H,2,4,7-9,12H2,1H3;2,4-5,8,13H,3,6-7,10H2,1H3. The molecule has 0 aromatic heterocycles. The lowest BCUT2D eigenvalue weighted by atomic mass is 9.90. The van der Waals surface area contributed by atoms with Gasteiger partial charge >= 0.3 is 0 Å². The fourth-order valence-corrected chi connectivity index (χ4v) is 5.01. The molecule has 32 heavy (non-hydrogen) atoms. The molecule has 168 valence electrons. The Hall–Kier alpha value is -2.66. The smallest absolute Gasteiger partial charge is 0.0991 e. The van der Waals surface area contributed by atoms with Gasteiger partial charge in [-0.2, -0.15) is 10.5 Å². The summed E-state index contributed by atoms with van der Waals surface area (Å²) in [5.74, 6) is 1.22. The van der Waals surface area contributed by atoms with Crippen LogP contribution in [0.2, 0.25) is 0 Å². The average molecular weight is 429 g/mol. The van der Waals surface area contributed by atoms with E-state index in [1.807, 2.05) is 30.3 Å². The van der Waals surface area contributed by atoms with E-state index in [1.165, 1.54) is 62.9 Å². The molecule has 0 saturated carbocycles. The Bertz CT molecular complexity index is 937. The predicted molar refractivity (Wildman–Crippen MR) is 130 cm³/mol. The Morgan fingerprint density at radius 2 is 1.41 bits per heavy atom. The number of hydrogen-bond donors (Lipinski definition) is 0. The van der Waals surface area contributed by atoms with Gasteiger partial charge in [0.1, 0.15) is 0 Å². The van der Waals surface area contributed by atoms with Crippen molar-refractivity contribution in [2.75, 3.05) is 39.8 Å². The van der Waals surface area contributed by atoms with Crippen LogP contribution in [0.5, 0.6) is 0 Å². The predicted octanol–water partition coefficient (Wildman–Crippen LogP) is 5.52. The fraction of sp³-hybridized carbons (Fsp3) is 0.500. The van der Waals surface area contributed by atoms with E-state index in [9.17, 15) is 0 Å². The maximum atomic E-state index is 8.94. The van der Waals surface area contributed by atoms with Crippen LogP contribution in [0.3, 0.4) is 0 Å². The van der Waals surface area contributed by atoms with Gasteiger partial charge in [0, 0.05) is 13.1 Å². The molecule has 4 rings (SSSR count). The summed E-state index contributed by atoms with van der Waals surface area (Å²) in [6, 6.07) is 20.6. The van der Waals surface area contributed by atoms with Crippen molar-refractivity contribution in [1.29, 1.82) is 10.5 Å². The first-order valence-corrected chi connectivity index (χ1v) is 12.0. The monoisotopic (exact) mass is 428 g/mol. The SMILES string of the molecule is CCCN1CCCC(c2cccc(C#N)c2)C1.CN1CCCC(c2cccc(C#N)c2)C1. The van der Waals surface area contributed by atoms with Crippen LogP contribution in [0.1, 0.15) is 73.1 Å². The topological polar surface area (TPSA) is 54.1 Å². The van der Waals surface area contributed by atoms with Crippen molar-refractivity contribution in [1.82, 2.24) is 9.80 Å². The van der Waals surface area contributed by atoms with Gasteiger partial charge in [0.05, 0.1) is 23.3 Å². The van der Waals surface area contributed by atoms with Gasteiger partial charge in [-0.1, -0.05) is 31.2 Å². The quantitative estimate of drug-likeness (QED) is 0.644. The summed E-state index contributed by atoms with van der Waals surface area (Å²) in [4.78, 5) is 4.92. The van der Waals surface area contributed by atoms with Crippen LogP contribution >= 0.6 is 0 Å². The van der Waals surface area contributed by atoms with Gasteiger partial charge in [0.2, 0.25) is 0 Å². The first kappa shape index (κ1) is 24.0. The second-order valence-electron chi connectivity index (χ2n) is 9.22. The molecule has 2 unspecified atom stereocenters. The Kier molecular flexibility index (Phi) is 9.29. The van der Waals surface area contributed by atoms with Crippen molar-refractivity contribution in [2.45, 2.75) is 50.9 Å². The molecule has 2 saturated heterocycles. The number of piperidine rings is 2. The van der Waals surface area contributed by atoms with E-state index in [0.717, 1.165) is 24.2 Å². The molecule has 0 radical (unpaired) electrons. The largest absolute Gasteiger partial charge is 0.306 e. The molecule has 2 aromatic rings. The van der Waals surface area contributed by atoms with Crippen LogP contribution in [0, 0.1) is 22.7 Å². The molecule has 2 atom stereocenters. The van der Waals surface area contributed by atoms with Gasteiger partial charge in [0.25, 0.3) is 0 Å². The van der Waals surface area contributed by atoms with E-state index < -0.39 is 0 Å². The molecular weight excluding hydrogens is 392 g/mol. The van der Waals surface area contributed by atoms with Crippen LogP contribution in [-0.4, -0.2) is 49.6 Å². The highest BCUT2D eigenvalue weighted by atomic mass is 15.1. The average Bonchev–Trinajstić information content (AvgIpc) is 2.85. The second-order valence-corrected chi connectivity index (χ2v) is 9.22. The third-order valence-electron chi connectivity index (χ3n) is 6.64. The molecule has 0 N–H and O–H groups in total. The maximum absolute atomic E-state index is 8.94. The number of likely N-dealkylation sites (tertiary alicyclic amines) is 2. The zero-order valence-electron chi connectivity index (χ0n) is 19.6. The minimum atomic E-state index is 0.608. The number of benzene rings is 2. The van der Waals surface area contributed by atoms with Crippen molar-refractivity contribution < 1.29 is 0 Å². The Morgan fingerprint density at radius 3 is 1.94 bits per heavy atom. The Labute approximate surface area is 194 Å².